The van der Waals surface area contributed by atoms with Gasteiger partial charge in [-0.1, -0.05) is 24.3 Å². The molecule has 0 saturated heterocycles. The van der Waals surface area contributed by atoms with Crippen LogP contribution in [0.4, 0.5) is 0 Å². The predicted molar refractivity (Wildman–Crippen MR) is 65.2 cm³/mol. The quantitative estimate of drug-likeness (QED) is 0.794. The van der Waals surface area contributed by atoms with Crippen LogP contribution in [0.2, 0.25) is 0 Å². The molecule has 4 heteroatoms. The van der Waals surface area contributed by atoms with E-state index in [1.54, 1.807) is 6.20 Å². The first-order valence-corrected chi connectivity index (χ1v) is 5.60. The van der Waals surface area contributed by atoms with Crippen LogP contribution in [0.1, 0.15) is 5.69 Å². The van der Waals surface area contributed by atoms with E-state index in [0.29, 0.717) is 0 Å². The monoisotopic (exact) mass is 279 g/mol. The van der Waals surface area contributed by atoms with Crippen LogP contribution in [0.3, 0.4) is 0 Å². The normalized spacial score (nSPS) is 10.4. The highest BCUT2D eigenvalue weighted by molar-refractivity contribution is 9.10. The molecule has 82 valence electrons. The van der Waals surface area contributed by atoms with E-state index in [4.69, 9.17) is 0 Å². The van der Waals surface area contributed by atoms with Crippen LogP contribution in [-0.4, -0.2) is 18.1 Å². The summed E-state index contributed by atoms with van der Waals surface area (Å²) in [6, 6.07) is 7.82. The van der Waals surface area contributed by atoms with Gasteiger partial charge in [0.1, 0.15) is 0 Å². The standard InChI is InChI=1S/C12H10BrNO2/c1-16-12(15)6-11-9-5-3-2-4-8(9)10(13)7-14-11/h2-5,7H,6H2,1H3. The minimum Gasteiger partial charge on any atom is -0.469 e. The van der Waals surface area contributed by atoms with Crippen molar-refractivity contribution >= 4 is 32.7 Å². The first-order valence-electron chi connectivity index (χ1n) is 4.81. The number of pyridine rings is 1. The van der Waals surface area contributed by atoms with Crippen LogP contribution in [0.25, 0.3) is 10.8 Å². The molecule has 0 amide bonds. The van der Waals surface area contributed by atoms with Crippen LogP contribution in [0, 0.1) is 0 Å². The summed E-state index contributed by atoms with van der Waals surface area (Å²) in [5.41, 5.74) is 0.741. The Kier molecular flexibility index (Phi) is 3.19. The van der Waals surface area contributed by atoms with Gasteiger partial charge in [0.2, 0.25) is 0 Å². The third kappa shape index (κ3) is 2.07. The minimum absolute atomic E-state index is 0.199. The van der Waals surface area contributed by atoms with Crippen molar-refractivity contribution in [2.45, 2.75) is 6.42 Å². The molecule has 1 aromatic carbocycles. The van der Waals surface area contributed by atoms with E-state index in [2.05, 4.69) is 25.7 Å². The average molecular weight is 280 g/mol. The number of nitrogens with zero attached hydrogens (tertiary/aromatic N) is 1. The van der Waals surface area contributed by atoms with Crippen molar-refractivity contribution in [1.29, 1.82) is 0 Å². The van der Waals surface area contributed by atoms with Crippen molar-refractivity contribution < 1.29 is 9.53 Å². The number of hydrogen-bond donors (Lipinski definition) is 0. The van der Waals surface area contributed by atoms with Crippen LogP contribution in [-0.2, 0) is 16.0 Å². The molecule has 0 aliphatic heterocycles. The third-order valence-corrected chi connectivity index (χ3v) is 3.00. The Hall–Kier alpha value is -1.42. The van der Waals surface area contributed by atoms with Crippen LogP contribution in [0.5, 0.6) is 0 Å². The molecule has 16 heavy (non-hydrogen) atoms. The SMILES string of the molecule is COC(=O)Cc1ncc(Br)c2ccccc12. The van der Waals surface area contributed by atoms with Crippen molar-refractivity contribution in [2.75, 3.05) is 7.11 Å². The van der Waals surface area contributed by atoms with Gasteiger partial charge in [0, 0.05) is 16.1 Å². The van der Waals surface area contributed by atoms with Crippen molar-refractivity contribution in [1.82, 2.24) is 4.98 Å². The van der Waals surface area contributed by atoms with Gasteiger partial charge in [-0.3, -0.25) is 9.78 Å². The Labute approximate surface area is 102 Å². The maximum absolute atomic E-state index is 11.2. The van der Waals surface area contributed by atoms with Gasteiger partial charge in [0.25, 0.3) is 0 Å². The minimum atomic E-state index is -0.278. The lowest BCUT2D eigenvalue weighted by Gasteiger charge is -2.05. The Balaban J connectivity index is 2.54. The first kappa shape index (κ1) is 11.1. The number of hydrogen-bond acceptors (Lipinski definition) is 3. The predicted octanol–water partition coefficient (Wildman–Crippen LogP) is 2.71. The van der Waals surface area contributed by atoms with E-state index in [-0.39, 0.29) is 12.4 Å². The molecule has 0 aliphatic rings. The molecule has 3 nitrogen and oxygen atoms in total. The van der Waals surface area contributed by atoms with E-state index in [1.165, 1.54) is 7.11 Å². The molecule has 0 fully saturated rings. The Bertz CT molecular complexity index is 540. The van der Waals surface area contributed by atoms with Gasteiger partial charge in [-0.15, -0.1) is 0 Å². The molecule has 1 heterocycles. The van der Waals surface area contributed by atoms with E-state index in [9.17, 15) is 4.79 Å². The lowest BCUT2D eigenvalue weighted by atomic mass is 10.1. The number of ether oxygens (including phenoxy) is 1. The molecule has 2 rings (SSSR count). The van der Waals surface area contributed by atoms with E-state index in [1.807, 2.05) is 24.3 Å². The molecule has 2 aromatic rings. The van der Waals surface area contributed by atoms with Crippen LogP contribution < -0.4 is 0 Å². The smallest absolute Gasteiger partial charge is 0.311 e. The molecule has 0 bridgehead atoms. The number of esters is 1. The molecule has 0 radical (unpaired) electrons. The van der Waals surface area contributed by atoms with Gasteiger partial charge < -0.3 is 4.74 Å². The lowest BCUT2D eigenvalue weighted by molar-refractivity contribution is -0.139. The Morgan fingerprint density at radius 2 is 2.06 bits per heavy atom. The lowest BCUT2D eigenvalue weighted by Crippen LogP contribution is -2.06. The van der Waals surface area contributed by atoms with Crippen molar-refractivity contribution in [2.24, 2.45) is 0 Å². The number of rotatable bonds is 2. The zero-order valence-corrected chi connectivity index (χ0v) is 10.3. The molecular weight excluding hydrogens is 270 g/mol. The number of fused-ring (bicyclic) bond motifs is 1. The van der Waals surface area contributed by atoms with Gasteiger partial charge in [0.05, 0.1) is 19.2 Å². The van der Waals surface area contributed by atoms with Gasteiger partial charge in [0.15, 0.2) is 0 Å². The fourth-order valence-electron chi connectivity index (χ4n) is 1.57. The molecule has 1 aromatic heterocycles. The highest BCUT2D eigenvalue weighted by Gasteiger charge is 2.09. The summed E-state index contributed by atoms with van der Waals surface area (Å²) in [5, 5.41) is 2.03. The summed E-state index contributed by atoms with van der Waals surface area (Å²) >= 11 is 3.44. The number of carbonyl (C=O) groups is 1. The van der Waals surface area contributed by atoms with E-state index in [0.717, 1.165) is 20.9 Å². The van der Waals surface area contributed by atoms with Crippen molar-refractivity contribution in [3.63, 3.8) is 0 Å². The summed E-state index contributed by atoms with van der Waals surface area (Å²) in [7, 11) is 1.38. The van der Waals surface area contributed by atoms with Gasteiger partial charge in [-0.2, -0.15) is 0 Å². The second kappa shape index (κ2) is 4.61. The maximum atomic E-state index is 11.2. The molecular formula is C12H10BrNO2. The molecule has 0 atom stereocenters. The molecule has 0 N–H and O–H groups in total. The fourth-order valence-corrected chi connectivity index (χ4v) is 2.01. The summed E-state index contributed by atoms with van der Waals surface area (Å²) in [6.45, 7) is 0. The highest BCUT2D eigenvalue weighted by atomic mass is 79.9. The maximum Gasteiger partial charge on any atom is 0.311 e. The Morgan fingerprint density at radius 1 is 1.38 bits per heavy atom. The fraction of sp³-hybridized carbons (Fsp3) is 0.167. The zero-order valence-electron chi connectivity index (χ0n) is 8.74. The van der Waals surface area contributed by atoms with Gasteiger partial charge in [-0.05, 0) is 21.3 Å². The first-order chi connectivity index (χ1) is 7.72. The molecule has 0 spiro atoms. The largest absolute Gasteiger partial charge is 0.469 e. The second-order valence-corrected chi connectivity index (χ2v) is 4.21. The summed E-state index contributed by atoms with van der Waals surface area (Å²) in [6.07, 6.45) is 1.91. The topological polar surface area (TPSA) is 39.2 Å². The number of aromatic nitrogens is 1. The number of benzene rings is 1. The van der Waals surface area contributed by atoms with Gasteiger partial charge in [-0.25, -0.2) is 0 Å². The average Bonchev–Trinajstić information content (AvgIpc) is 2.33. The highest BCUT2D eigenvalue weighted by Crippen LogP contribution is 2.25. The van der Waals surface area contributed by atoms with Crippen LogP contribution in [0.15, 0.2) is 34.9 Å². The molecule has 0 saturated carbocycles. The van der Waals surface area contributed by atoms with Gasteiger partial charge >= 0.3 is 5.97 Å². The molecule has 0 aliphatic carbocycles. The van der Waals surface area contributed by atoms with E-state index >= 15 is 0 Å². The summed E-state index contributed by atoms with van der Waals surface area (Å²) < 4.78 is 5.57. The van der Waals surface area contributed by atoms with Crippen LogP contribution >= 0.6 is 15.9 Å². The molecule has 0 unspecified atom stereocenters. The van der Waals surface area contributed by atoms with Crippen molar-refractivity contribution in [3.05, 3.63) is 40.6 Å². The Morgan fingerprint density at radius 3 is 2.75 bits per heavy atom. The number of carbonyl (C=O) groups excluding carboxylic acids is 1. The summed E-state index contributed by atoms with van der Waals surface area (Å²) in [4.78, 5) is 15.5. The number of methoxy groups -OCH3 is 1. The number of halogens is 1. The van der Waals surface area contributed by atoms with Crippen molar-refractivity contribution in [3.8, 4) is 0 Å². The van der Waals surface area contributed by atoms with E-state index < -0.39 is 0 Å². The summed E-state index contributed by atoms with van der Waals surface area (Å²) in [5.74, 6) is -0.278. The zero-order chi connectivity index (χ0) is 11.5. The third-order valence-electron chi connectivity index (χ3n) is 2.37. The second-order valence-electron chi connectivity index (χ2n) is 3.35.